The van der Waals surface area contributed by atoms with E-state index in [1.807, 2.05) is 48.2 Å². The number of nitrogens with one attached hydrogen (secondary N) is 3. The van der Waals surface area contributed by atoms with Gasteiger partial charge < -0.3 is 29.5 Å². The van der Waals surface area contributed by atoms with Crippen LogP contribution in [0.4, 0.5) is 10.5 Å². The molecule has 1 aromatic heterocycles. The van der Waals surface area contributed by atoms with Crippen LogP contribution in [-0.4, -0.2) is 99.4 Å². The number of piperazine rings is 1. The van der Waals surface area contributed by atoms with Gasteiger partial charge in [0.2, 0.25) is 11.8 Å². The number of fused-ring (bicyclic) bond motifs is 1. The van der Waals surface area contributed by atoms with Crippen LogP contribution in [0.1, 0.15) is 98.6 Å². The molecule has 5 aromatic rings. The Kier molecular flexibility index (Phi) is 12.5. The van der Waals surface area contributed by atoms with Crippen LogP contribution in [-0.2, 0) is 22.7 Å². The smallest absolute Gasteiger partial charge is 0.417 e. The Hall–Kier alpha value is -7.33. The molecule has 2 fully saturated rings. The molecular formula is C49H51N7O9. The van der Waals surface area contributed by atoms with Gasteiger partial charge in [-0.2, -0.15) is 0 Å². The number of hydrogen-bond donors (Lipinski definition) is 4. The third-order valence-electron chi connectivity index (χ3n) is 12.2. The Bertz CT molecular complexity index is 2700. The van der Waals surface area contributed by atoms with Crippen molar-refractivity contribution in [2.45, 2.75) is 72.5 Å². The van der Waals surface area contributed by atoms with E-state index in [9.17, 15) is 33.9 Å². The molecule has 1 unspecified atom stereocenters. The van der Waals surface area contributed by atoms with Gasteiger partial charge in [0.25, 0.3) is 17.7 Å². The molecule has 336 valence electrons. The lowest BCUT2D eigenvalue weighted by atomic mass is 9.94. The maximum absolute atomic E-state index is 13.8. The van der Waals surface area contributed by atoms with Crippen molar-refractivity contribution >= 4 is 41.3 Å². The zero-order valence-corrected chi connectivity index (χ0v) is 36.9. The number of benzene rings is 4. The lowest BCUT2D eigenvalue weighted by molar-refractivity contribution is -0.136. The highest BCUT2D eigenvalue weighted by Crippen LogP contribution is 2.41. The van der Waals surface area contributed by atoms with E-state index in [1.165, 1.54) is 4.90 Å². The van der Waals surface area contributed by atoms with Crippen LogP contribution in [0.15, 0.2) is 77.3 Å². The number of nitrogens with zero attached hydrogens (tertiary/aromatic N) is 4. The summed E-state index contributed by atoms with van der Waals surface area (Å²) in [7, 11) is 0. The first-order chi connectivity index (χ1) is 31.2. The molecule has 0 spiro atoms. The molecule has 4 N–H and O–H groups in total. The number of imide groups is 1. The van der Waals surface area contributed by atoms with E-state index in [2.05, 4.69) is 39.9 Å². The number of hydrogen-bond acceptors (Lipinski definition) is 11. The Balaban J connectivity index is 0.883. The highest BCUT2D eigenvalue weighted by Gasteiger charge is 2.40. The molecule has 6 amide bonds. The topological polar surface area (TPSA) is 204 Å². The molecule has 65 heavy (non-hydrogen) atoms. The summed E-state index contributed by atoms with van der Waals surface area (Å²) in [5, 5.41) is 22.8. The van der Waals surface area contributed by atoms with Gasteiger partial charge in [-0.15, -0.1) is 0 Å². The van der Waals surface area contributed by atoms with Gasteiger partial charge >= 0.3 is 6.09 Å². The van der Waals surface area contributed by atoms with Gasteiger partial charge in [0, 0.05) is 74.6 Å². The van der Waals surface area contributed by atoms with E-state index in [4.69, 9.17) is 9.26 Å². The maximum atomic E-state index is 13.8. The molecule has 8 rings (SSSR count). The lowest BCUT2D eigenvalue weighted by Gasteiger charge is -2.35. The number of ether oxygens (including phenoxy) is 1. The van der Waals surface area contributed by atoms with E-state index in [0.717, 1.165) is 16.7 Å². The number of piperidine rings is 1. The van der Waals surface area contributed by atoms with Crippen LogP contribution in [0.3, 0.4) is 0 Å². The summed E-state index contributed by atoms with van der Waals surface area (Å²) in [6, 6.07) is 20.8. The van der Waals surface area contributed by atoms with Crippen molar-refractivity contribution < 1.29 is 43.1 Å². The third kappa shape index (κ3) is 9.07. The lowest BCUT2D eigenvalue weighted by Crippen LogP contribution is -2.52. The SMILES string of the molecule is CCNC(=O)c1noc(-c2cc(C(C)C)ccc2O)c1-c1ccc(CN2CCN(C(=O)c3cc(C)c(OC(=O)Nc4cccc5c4CN(C4CCC(=O)NC4=O)C5=O)c(C)c3)CC2)cc1. The van der Waals surface area contributed by atoms with Crippen molar-refractivity contribution in [3.63, 3.8) is 0 Å². The summed E-state index contributed by atoms with van der Waals surface area (Å²) in [6.07, 6.45) is -0.422. The molecule has 0 saturated carbocycles. The van der Waals surface area contributed by atoms with Crippen LogP contribution >= 0.6 is 0 Å². The molecule has 0 radical (unpaired) electrons. The molecule has 2 saturated heterocycles. The molecule has 16 nitrogen and oxygen atoms in total. The molecule has 4 aromatic carbocycles. The van der Waals surface area contributed by atoms with Gasteiger partial charge in [-0.3, -0.25) is 39.5 Å². The highest BCUT2D eigenvalue weighted by molar-refractivity contribution is 6.07. The fraction of sp³-hybridized carbons (Fsp3) is 0.327. The second-order valence-electron chi connectivity index (χ2n) is 17.0. The van der Waals surface area contributed by atoms with Gasteiger partial charge in [-0.05, 0) is 97.3 Å². The number of anilines is 1. The molecule has 0 aliphatic carbocycles. The Morgan fingerprint density at radius 2 is 1.66 bits per heavy atom. The Morgan fingerprint density at radius 1 is 0.938 bits per heavy atom. The monoisotopic (exact) mass is 881 g/mol. The fourth-order valence-corrected chi connectivity index (χ4v) is 8.73. The first-order valence-corrected chi connectivity index (χ1v) is 21.8. The van der Waals surface area contributed by atoms with Gasteiger partial charge in [-0.1, -0.05) is 55.4 Å². The predicted molar refractivity (Wildman–Crippen MR) is 240 cm³/mol. The van der Waals surface area contributed by atoms with E-state index >= 15 is 0 Å². The second kappa shape index (κ2) is 18.4. The Morgan fingerprint density at radius 3 is 2.34 bits per heavy atom. The minimum absolute atomic E-state index is 0.0250. The zero-order valence-electron chi connectivity index (χ0n) is 36.9. The van der Waals surface area contributed by atoms with E-state index in [0.29, 0.717) is 95.4 Å². The normalized spacial score (nSPS) is 16.4. The zero-order chi connectivity index (χ0) is 46.1. The number of aromatic nitrogens is 1. The van der Waals surface area contributed by atoms with Gasteiger partial charge in [-0.25, -0.2) is 4.79 Å². The minimum atomic E-state index is -0.789. The van der Waals surface area contributed by atoms with Crippen LogP contribution < -0.4 is 20.7 Å². The molecule has 0 bridgehead atoms. The van der Waals surface area contributed by atoms with Gasteiger partial charge in [0.05, 0.1) is 11.1 Å². The average Bonchev–Trinajstić information content (AvgIpc) is 3.87. The number of carbonyl (C=O) groups is 6. The third-order valence-corrected chi connectivity index (χ3v) is 12.2. The summed E-state index contributed by atoms with van der Waals surface area (Å²) in [5.41, 5.74) is 6.80. The number of phenolic OH excluding ortho intramolecular Hbond substituents is 1. The van der Waals surface area contributed by atoms with E-state index in [-0.39, 0.29) is 60.4 Å². The quantitative estimate of drug-likeness (QED) is 0.105. The van der Waals surface area contributed by atoms with Crippen molar-refractivity contribution in [1.82, 2.24) is 30.5 Å². The summed E-state index contributed by atoms with van der Waals surface area (Å²) in [5.74, 6) is -0.900. The number of amides is 6. The van der Waals surface area contributed by atoms with Gasteiger partial charge in [0.15, 0.2) is 11.5 Å². The first-order valence-electron chi connectivity index (χ1n) is 21.8. The molecular weight excluding hydrogens is 831 g/mol. The molecule has 4 heterocycles. The van der Waals surface area contributed by atoms with Crippen molar-refractivity contribution in [2.24, 2.45) is 0 Å². The average molecular weight is 882 g/mol. The number of rotatable bonds is 11. The van der Waals surface area contributed by atoms with Crippen LogP contribution in [0, 0.1) is 13.8 Å². The Labute approximate surface area is 375 Å². The number of carbonyl (C=O) groups excluding carboxylic acids is 6. The second-order valence-corrected chi connectivity index (χ2v) is 17.0. The van der Waals surface area contributed by atoms with Crippen molar-refractivity contribution in [2.75, 3.05) is 38.0 Å². The fourth-order valence-electron chi connectivity index (χ4n) is 8.73. The first kappa shape index (κ1) is 44.3. The van der Waals surface area contributed by atoms with Crippen LogP contribution in [0.2, 0.25) is 0 Å². The number of aryl methyl sites for hydroxylation is 2. The molecule has 16 heteroatoms. The summed E-state index contributed by atoms with van der Waals surface area (Å²) in [6.45, 7) is 13.0. The number of aromatic hydroxyl groups is 1. The largest absolute Gasteiger partial charge is 0.507 e. The summed E-state index contributed by atoms with van der Waals surface area (Å²) in [4.78, 5) is 83.1. The maximum Gasteiger partial charge on any atom is 0.417 e. The summed E-state index contributed by atoms with van der Waals surface area (Å²) < 4.78 is 11.5. The highest BCUT2D eigenvalue weighted by atomic mass is 16.6. The van der Waals surface area contributed by atoms with Crippen molar-refractivity contribution in [3.05, 3.63) is 117 Å². The standard InChI is InChI=1S/C49H51N7O9/c1-6-50-46(60)42-41(44(65-53-42)35-24-32(27(2)3)14-16-39(35)57)31-12-10-30(11-13-31)25-54-18-20-55(21-19-54)47(61)33-22-28(4)43(29(5)23-33)64-49(63)51-37-9-7-8-34-36(37)26-56(48(34)62)38-15-17-40(58)52-45(38)59/h7-14,16,22-24,27,38,57H,6,15,17-21,25-26H2,1-5H3,(H,50,60)(H,51,63)(H,52,58,59). The van der Waals surface area contributed by atoms with E-state index < -0.39 is 18.0 Å². The molecule has 3 aliphatic heterocycles. The van der Waals surface area contributed by atoms with Gasteiger partial charge in [0.1, 0.15) is 17.5 Å². The van der Waals surface area contributed by atoms with Crippen LogP contribution in [0.5, 0.6) is 11.5 Å². The predicted octanol–water partition coefficient (Wildman–Crippen LogP) is 6.53. The van der Waals surface area contributed by atoms with E-state index in [1.54, 1.807) is 50.2 Å². The van der Waals surface area contributed by atoms with Crippen molar-refractivity contribution in [1.29, 1.82) is 0 Å². The molecule has 1 atom stereocenters. The number of phenols is 1. The minimum Gasteiger partial charge on any atom is -0.507 e. The summed E-state index contributed by atoms with van der Waals surface area (Å²) >= 11 is 0. The van der Waals surface area contributed by atoms with Crippen molar-refractivity contribution in [3.8, 4) is 33.9 Å². The van der Waals surface area contributed by atoms with Crippen LogP contribution in [0.25, 0.3) is 22.5 Å². The molecule has 3 aliphatic rings.